The quantitative estimate of drug-likeness (QED) is 0.862. The zero-order chi connectivity index (χ0) is 11.4. The second-order valence-electron chi connectivity index (χ2n) is 4.14. The maximum Gasteiger partial charge on any atom is 0.0795 e. The van der Waals surface area contributed by atoms with Crippen molar-refractivity contribution in [3.8, 4) is 0 Å². The smallest absolute Gasteiger partial charge is 0.0795 e. The summed E-state index contributed by atoms with van der Waals surface area (Å²) in [6, 6.07) is 9.54. The molecule has 1 aliphatic rings. The van der Waals surface area contributed by atoms with Crippen LogP contribution in [0.15, 0.2) is 35.2 Å². The molecule has 3 nitrogen and oxygen atoms in total. The van der Waals surface area contributed by atoms with E-state index in [4.69, 9.17) is 0 Å². The molecule has 88 valence electrons. The number of rotatable bonds is 3. The molecule has 0 aromatic heterocycles. The van der Waals surface area contributed by atoms with Crippen molar-refractivity contribution >= 4 is 10.8 Å². The molecule has 2 rings (SSSR count). The molecule has 1 unspecified atom stereocenters. The first-order chi connectivity index (χ1) is 7.75. The zero-order valence-corrected chi connectivity index (χ0v) is 10.0. The summed E-state index contributed by atoms with van der Waals surface area (Å²) in [7, 11) is -0.948. The van der Waals surface area contributed by atoms with Crippen LogP contribution < -0.4 is 0 Å². The average molecular weight is 239 g/mol. The monoisotopic (exact) mass is 239 g/mol. The molecular weight excluding hydrogens is 222 g/mol. The molecule has 0 aliphatic carbocycles. The molecule has 0 amide bonds. The van der Waals surface area contributed by atoms with Crippen molar-refractivity contribution in [3.63, 3.8) is 0 Å². The fourth-order valence-electron chi connectivity index (χ4n) is 1.86. The van der Waals surface area contributed by atoms with Gasteiger partial charge in [-0.3, -0.25) is 9.11 Å². The summed E-state index contributed by atoms with van der Waals surface area (Å²) in [5.41, 5.74) is 0. The van der Waals surface area contributed by atoms with Gasteiger partial charge in [0.05, 0.1) is 22.8 Å². The van der Waals surface area contributed by atoms with E-state index in [1.165, 1.54) is 0 Å². The highest BCUT2D eigenvalue weighted by Crippen LogP contribution is 2.13. The van der Waals surface area contributed by atoms with E-state index in [0.717, 1.165) is 30.8 Å². The number of piperidine rings is 1. The molecule has 1 aromatic rings. The molecule has 0 bridgehead atoms. The third-order valence-electron chi connectivity index (χ3n) is 2.86. The van der Waals surface area contributed by atoms with Crippen LogP contribution >= 0.6 is 0 Å². The van der Waals surface area contributed by atoms with Gasteiger partial charge in [-0.15, -0.1) is 0 Å². The first kappa shape index (κ1) is 11.8. The van der Waals surface area contributed by atoms with Gasteiger partial charge in [-0.2, -0.15) is 0 Å². The molecule has 1 aliphatic heterocycles. The highest BCUT2D eigenvalue weighted by Gasteiger charge is 2.18. The molecule has 1 saturated heterocycles. The lowest BCUT2D eigenvalue weighted by atomic mass is 10.1. The fourth-order valence-corrected chi connectivity index (χ4v) is 3.06. The van der Waals surface area contributed by atoms with E-state index in [-0.39, 0.29) is 6.10 Å². The van der Waals surface area contributed by atoms with E-state index in [1.54, 1.807) is 0 Å². The second-order valence-corrected chi connectivity index (χ2v) is 5.56. The first-order valence-electron chi connectivity index (χ1n) is 5.59. The maximum atomic E-state index is 12.0. The van der Waals surface area contributed by atoms with E-state index in [2.05, 4.69) is 4.90 Å². The molecule has 1 heterocycles. The lowest BCUT2D eigenvalue weighted by Crippen LogP contribution is -2.37. The number of hydrogen-bond acceptors (Lipinski definition) is 3. The van der Waals surface area contributed by atoms with Crippen LogP contribution in [-0.2, 0) is 10.8 Å². The van der Waals surface area contributed by atoms with E-state index >= 15 is 0 Å². The number of aliphatic hydroxyl groups excluding tert-OH is 1. The Kier molecular flexibility index (Phi) is 4.09. The van der Waals surface area contributed by atoms with Crippen LogP contribution in [0.5, 0.6) is 0 Å². The summed E-state index contributed by atoms with van der Waals surface area (Å²) >= 11 is 0. The fraction of sp³-hybridized carbons (Fsp3) is 0.500. The molecule has 0 saturated carbocycles. The van der Waals surface area contributed by atoms with Gasteiger partial charge in [0, 0.05) is 18.0 Å². The summed E-state index contributed by atoms with van der Waals surface area (Å²) in [6.07, 6.45) is 1.43. The largest absolute Gasteiger partial charge is 0.393 e. The van der Waals surface area contributed by atoms with Gasteiger partial charge in [-0.1, -0.05) is 18.2 Å². The Hall–Kier alpha value is -0.710. The number of aliphatic hydroxyl groups is 1. The van der Waals surface area contributed by atoms with Crippen LogP contribution in [0.1, 0.15) is 12.8 Å². The van der Waals surface area contributed by atoms with Crippen LogP contribution in [-0.4, -0.2) is 39.3 Å². The summed E-state index contributed by atoms with van der Waals surface area (Å²) in [5.74, 6) is 0.580. The standard InChI is InChI=1S/C12H17NO2S/c14-11-6-8-13(9-7-11)10-16(15)12-4-2-1-3-5-12/h1-5,11,14H,6-10H2. The van der Waals surface area contributed by atoms with Crippen LogP contribution in [0.25, 0.3) is 0 Å². The van der Waals surface area contributed by atoms with Crippen LogP contribution in [0, 0.1) is 0 Å². The average Bonchev–Trinajstić information content (AvgIpc) is 2.33. The van der Waals surface area contributed by atoms with Gasteiger partial charge in [-0.05, 0) is 25.0 Å². The van der Waals surface area contributed by atoms with Crippen LogP contribution in [0.4, 0.5) is 0 Å². The van der Waals surface area contributed by atoms with Gasteiger partial charge >= 0.3 is 0 Å². The van der Waals surface area contributed by atoms with Crippen molar-refractivity contribution in [2.24, 2.45) is 0 Å². The number of likely N-dealkylation sites (tertiary alicyclic amines) is 1. The minimum absolute atomic E-state index is 0.165. The topological polar surface area (TPSA) is 40.5 Å². The van der Waals surface area contributed by atoms with E-state index in [0.29, 0.717) is 5.88 Å². The summed E-state index contributed by atoms with van der Waals surface area (Å²) in [5, 5.41) is 9.38. The molecule has 1 aromatic carbocycles. The Bertz CT molecular complexity index is 347. The van der Waals surface area contributed by atoms with Gasteiger partial charge in [-0.25, -0.2) is 0 Å². The number of nitrogens with zero attached hydrogens (tertiary/aromatic N) is 1. The Morgan fingerprint density at radius 3 is 2.50 bits per heavy atom. The third-order valence-corrected chi connectivity index (χ3v) is 4.26. The van der Waals surface area contributed by atoms with Crippen molar-refractivity contribution in [2.45, 2.75) is 23.8 Å². The Morgan fingerprint density at radius 2 is 1.88 bits per heavy atom. The molecular formula is C12H17NO2S. The summed E-state index contributed by atoms with van der Waals surface area (Å²) in [6.45, 7) is 1.69. The minimum Gasteiger partial charge on any atom is -0.393 e. The van der Waals surface area contributed by atoms with E-state index in [1.807, 2.05) is 30.3 Å². The number of benzene rings is 1. The van der Waals surface area contributed by atoms with Crippen molar-refractivity contribution in [3.05, 3.63) is 30.3 Å². The predicted molar refractivity (Wildman–Crippen MR) is 64.5 cm³/mol. The van der Waals surface area contributed by atoms with Crippen LogP contribution in [0.3, 0.4) is 0 Å². The van der Waals surface area contributed by atoms with Gasteiger partial charge in [0.1, 0.15) is 0 Å². The Balaban J connectivity index is 1.88. The lowest BCUT2D eigenvalue weighted by Gasteiger charge is -2.28. The van der Waals surface area contributed by atoms with Gasteiger partial charge in [0.2, 0.25) is 0 Å². The van der Waals surface area contributed by atoms with E-state index < -0.39 is 10.8 Å². The predicted octanol–water partition coefficient (Wildman–Crippen LogP) is 1.21. The van der Waals surface area contributed by atoms with Crippen molar-refractivity contribution in [1.29, 1.82) is 0 Å². The summed E-state index contributed by atoms with van der Waals surface area (Å²) in [4.78, 5) is 3.05. The highest BCUT2D eigenvalue weighted by molar-refractivity contribution is 7.85. The maximum absolute atomic E-state index is 12.0. The molecule has 0 radical (unpaired) electrons. The van der Waals surface area contributed by atoms with Crippen molar-refractivity contribution < 1.29 is 9.32 Å². The van der Waals surface area contributed by atoms with E-state index in [9.17, 15) is 9.32 Å². The molecule has 4 heteroatoms. The van der Waals surface area contributed by atoms with Gasteiger partial charge < -0.3 is 5.11 Å². The Morgan fingerprint density at radius 1 is 1.25 bits per heavy atom. The van der Waals surface area contributed by atoms with Crippen LogP contribution in [0.2, 0.25) is 0 Å². The number of hydrogen-bond donors (Lipinski definition) is 1. The first-order valence-corrected chi connectivity index (χ1v) is 6.91. The minimum atomic E-state index is -0.948. The normalized spacial score (nSPS) is 20.8. The van der Waals surface area contributed by atoms with Gasteiger partial charge in [0.25, 0.3) is 0 Å². The lowest BCUT2D eigenvalue weighted by molar-refractivity contribution is 0.0912. The molecule has 16 heavy (non-hydrogen) atoms. The van der Waals surface area contributed by atoms with Crippen molar-refractivity contribution in [1.82, 2.24) is 4.90 Å². The van der Waals surface area contributed by atoms with Crippen molar-refractivity contribution in [2.75, 3.05) is 19.0 Å². The Labute approximate surface area is 98.5 Å². The molecule has 1 fully saturated rings. The highest BCUT2D eigenvalue weighted by atomic mass is 32.2. The SMILES string of the molecule is O=S(CN1CCC(O)CC1)c1ccccc1. The third kappa shape index (κ3) is 3.14. The molecule has 1 N–H and O–H groups in total. The van der Waals surface area contributed by atoms with Gasteiger partial charge in [0.15, 0.2) is 0 Å². The molecule has 0 spiro atoms. The molecule has 1 atom stereocenters. The summed E-state index contributed by atoms with van der Waals surface area (Å²) < 4.78 is 12.0. The second kappa shape index (κ2) is 5.57. The zero-order valence-electron chi connectivity index (χ0n) is 9.21.